The van der Waals surface area contributed by atoms with E-state index in [1.807, 2.05) is 91.0 Å². The van der Waals surface area contributed by atoms with Crippen LogP contribution in [0.5, 0.6) is 0 Å². The Balaban J connectivity index is 1.22. The van der Waals surface area contributed by atoms with Crippen molar-refractivity contribution in [3.05, 3.63) is 146 Å². The molecule has 5 nitrogen and oxygen atoms in total. The molecule has 0 atom stereocenters. The van der Waals surface area contributed by atoms with E-state index < -0.39 is 0 Å². The van der Waals surface area contributed by atoms with Gasteiger partial charge in [0, 0.05) is 33.0 Å². The van der Waals surface area contributed by atoms with Gasteiger partial charge in [-0.3, -0.25) is 0 Å². The fourth-order valence-corrected chi connectivity index (χ4v) is 6.98. The minimum Gasteiger partial charge on any atom is -0.456 e. The second kappa shape index (κ2) is 10.9. The Morgan fingerprint density at radius 1 is 0.391 bits per heavy atom. The van der Waals surface area contributed by atoms with Gasteiger partial charge >= 0.3 is 0 Å². The number of fused-ring (bicyclic) bond motifs is 4. The van der Waals surface area contributed by atoms with Crippen molar-refractivity contribution >= 4 is 43.5 Å². The first-order chi connectivity index (χ1) is 22.8. The first-order valence-electron chi connectivity index (χ1n) is 15.1. The molecule has 0 saturated carbocycles. The number of hydrogen-bond donors (Lipinski definition) is 0. The molecule has 46 heavy (non-hydrogen) atoms. The summed E-state index contributed by atoms with van der Waals surface area (Å²) in [6.45, 7) is 0. The maximum atomic E-state index is 6.45. The van der Waals surface area contributed by atoms with E-state index in [2.05, 4.69) is 54.6 Å². The smallest absolute Gasteiger partial charge is 0.164 e. The van der Waals surface area contributed by atoms with Crippen LogP contribution in [0.1, 0.15) is 0 Å². The zero-order valence-electron chi connectivity index (χ0n) is 24.5. The molecule has 0 spiro atoms. The van der Waals surface area contributed by atoms with Gasteiger partial charge in [-0.25, -0.2) is 19.9 Å². The van der Waals surface area contributed by atoms with Crippen molar-refractivity contribution in [1.82, 2.24) is 19.9 Å². The average Bonchev–Trinajstić information content (AvgIpc) is 3.74. The van der Waals surface area contributed by atoms with Crippen LogP contribution >= 0.6 is 11.3 Å². The quantitative estimate of drug-likeness (QED) is 0.194. The van der Waals surface area contributed by atoms with Crippen molar-refractivity contribution in [2.75, 3.05) is 0 Å². The van der Waals surface area contributed by atoms with E-state index in [1.165, 1.54) is 4.70 Å². The van der Waals surface area contributed by atoms with Gasteiger partial charge in [0.05, 0.1) is 10.2 Å². The van der Waals surface area contributed by atoms with Crippen molar-refractivity contribution in [2.45, 2.75) is 0 Å². The van der Waals surface area contributed by atoms with Crippen LogP contribution in [0.4, 0.5) is 0 Å². The standard InChI is InChI=1S/C40H24N4OS/c1-3-11-26(12-4-1)37-42-38(27-13-5-2-6-14-27)44-39(43-37)30-16-10-19-33-36(30)35-29(15-9-18-32(35)45-33)25-21-23-28(24-22-25)40-41-31-17-7-8-20-34(31)46-40/h1-24H. The van der Waals surface area contributed by atoms with Gasteiger partial charge in [0.15, 0.2) is 17.5 Å². The summed E-state index contributed by atoms with van der Waals surface area (Å²) in [5, 5.41) is 3.02. The van der Waals surface area contributed by atoms with Gasteiger partial charge in [-0.05, 0) is 35.4 Å². The Labute approximate surface area is 268 Å². The first-order valence-corrected chi connectivity index (χ1v) is 15.9. The Morgan fingerprint density at radius 3 is 1.59 bits per heavy atom. The minimum atomic E-state index is 0.599. The zero-order chi connectivity index (χ0) is 30.5. The van der Waals surface area contributed by atoms with Gasteiger partial charge in [-0.2, -0.15) is 0 Å². The highest BCUT2D eigenvalue weighted by molar-refractivity contribution is 7.21. The SMILES string of the molecule is c1ccc(-c2nc(-c3ccccc3)nc(-c3cccc4oc5cccc(-c6ccc(-c7nc8ccccc8s7)cc6)c5c34)n2)cc1. The van der Waals surface area contributed by atoms with Gasteiger partial charge in [0.25, 0.3) is 0 Å². The van der Waals surface area contributed by atoms with Crippen molar-refractivity contribution in [2.24, 2.45) is 0 Å². The molecule has 0 N–H and O–H groups in total. The molecule has 0 radical (unpaired) electrons. The first kappa shape index (κ1) is 26.4. The maximum absolute atomic E-state index is 6.45. The lowest BCUT2D eigenvalue weighted by Gasteiger charge is -2.10. The largest absolute Gasteiger partial charge is 0.456 e. The number of aromatic nitrogens is 4. The molecule has 0 bridgehead atoms. The molecule has 9 rings (SSSR count). The minimum absolute atomic E-state index is 0.599. The number of furan rings is 1. The van der Waals surface area contributed by atoms with Crippen LogP contribution in [0.2, 0.25) is 0 Å². The lowest BCUT2D eigenvalue weighted by molar-refractivity contribution is 0.669. The Hall–Kier alpha value is -5.98. The summed E-state index contributed by atoms with van der Waals surface area (Å²) in [6, 6.07) is 49.3. The Kier molecular flexibility index (Phi) is 6.25. The maximum Gasteiger partial charge on any atom is 0.164 e. The summed E-state index contributed by atoms with van der Waals surface area (Å²) >= 11 is 1.71. The normalized spacial score (nSPS) is 11.5. The number of hydrogen-bond acceptors (Lipinski definition) is 6. The van der Waals surface area contributed by atoms with Crippen LogP contribution in [0.3, 0.4) is 0 Å². The molecular formula is C40H24N4OS. The van der Waals surface area contributed by atoms with E-state index in [0.717, 1.165) is 65.8 Å². The number of rotatable bonds is 5. The third kappa shape index (κ3) is 4.55. The summed E-state index contributed by atoms with van der Waals surface area (Å²) in [5.41, 5.74) is 8.66. The van der Waals surface area contributed by atoms with Crippen LogP contribution in [0.25, 0.3) is 88.0 Å². The van der Waals surface area contributed by atoms with E-state index in [9.17, 15) is 0 Å². The van der Waals surface area contributed by atoms with E-state index in [0.29, 0.717) is 17.5 Å². The molecule has 0 aliphatic carbocycles. The third-order valence-corrected chi connectivity index (χ3v) is 9.28. The molecular weight excluding hydrogens is 585 g/mol. The summed E-state index contributed by atoms with van der Waals surface area (Å²) in [6.07, 6.45) is 0. The van der Waals surface area contributed by atoms with Crippen LogP contribution in [-0.4, -0.2) is 19.9 Å². The summed E-state index contributed by atoms with van der Waals surface area (Å²) in [5.74, 6) is 1.85. The van der Waals surface area contributed by atoms with E-state index in [-0.39, 0.29) is 0 Å². The Bertz CT molecular complexity index is 2430. The van der Waals surface area contributed by atoms with Gasteiger partial charge in [-0.1, -0.05) is 121 Å². The van der Waals surface area contributed by atoms with E-state index in [1.54, 1.807) is 11.3 Å². The Morgan fingerprint density at radius 2 is 0.935 bits per heavy atom. The highest BCUT2D eigenvalue weighted by atomic mass is 32.1. The molecule has 0 fully saturated rings. The van der Waals surface area contributed by atoms with Crippen molar-refractivity contribution < 1.29 is 4.42 Å². The molecule has 0 amide bonds. The van der Waals surface area contributed by atoms with Gasteiger partial charge in [-0.15, -0.1) is 11.3 Å². The third-order valence-electron chi connectivity index (χ3n) is 8.20. The van der Waals surface area contributed by atoms with Crippen molar-refractivity contribution in [3.8, 4) is 55.9 Å². The summed E-state index contributed by atoms with van der Waals surface area (Å²) in [4.78, 5) is 19.8. The van der Waals surface area contributed by atoms with Crippen LogP contribution in [0, 0.1) is 0 Å². The van der Waals surface area contributed by atoms with Crippen molar-refractivity contribution in [1.29, 1.82) is 0 Å². The zero-order valence-corrected chi connectivity index (χ0v) is 25.3. The fourth-order valence-electron chi connectivity index (χ4n) is 6.01. The van der Waals surface area contributed by atoms with E-state index in [4.69, 9.17) is 24.4 Å². The molecule has 3 heterocycles. The average molecular weight is 609 g/mol. The molecule has 9 aromatic rings. The molecule has 0 aliphatic heterocycles. The van der Waals surface area contributed by atoms with Crippen LogP contribution in [-0.2, 0) is 0 Å². The lowest BCUT2D eigenvalue weighted by Crippen LogP contribution is -2.00. The molecule has 0 aliphatic rings. The molecule has 0 unspecified atom stereocenters. The predicted octanol–water partition coefficient (Wildman–Crippen LogP) is 10.7. The van der Waals surface area contributed by atoms with Gasteiger partial charge < -0.3 is 4.42 Å². The van der Waals surface area contributed by atoms with Crippen molar-refractivity contribution in [3.63, 3.8) is 0 Å². The molecule has 6 heteroatoms. The predicted molar refractivity (Wildman–Crippen MR) is 187 cm³/mol. The number of benzene rings is 6. The second-order valence-electron chi connectivity index (χ2n) is 11.1. The number of para-hydroxylation sites is 1. The highest BCUT2D eigenvalue weighted by Crippen LogP contribution is 2.42. The number of nitrogens with zero attached hydrogens (tertiary/aromatic N) is 4. The molecule has 216 valence electrons. The fraction of sp³-hybridized carbons (Fsp3) is 0. The monoisotopic (exact) mass is 608 g/mol. The highest BCUT2D eigenvalue weighted by Gasteiger charge is 2.20. The second-order valence-corrected chi connectivity index (χ2v) is 12.1. The lowest BCUT2D eigenvalue weighted by atomic mass is 9.96. The topological polar surface area (TPSA) is 64.7 Å². The van der Waals surface area contributed by atoms with Gasteiger partial charge in [0.1, 0.15) is 16.2 Å². The number of thiazole rings is 1. The van der Waals surface area contributed by atoms with Gasteiger partial charge in [0.2, 0.25) is 0 Å². The molecule has 6 aromatic carbocycles. The molecule has 3 aromatic heterocycles. The van der Waals surface area contributed by atoms with Crippen LogP contribution < -0.4 is 0 Å². The van der Waals surface area contributed by atoms with Crippen LogP contribution in [0.15, 0.2) is 150 Å². The summed E-state index contributed by atoms with van der Waals surface area (Å²) in [7, 11) is 0. The molecule has 0 saturated heterocycles. The van der Waals surface area contributed by atoms with E-state index >= 15 is 0 Å². The summed E-state index contributed by atoms with van der Waals surface area (Å²) < 4.78 is 7.64.